The summed E-state index contributed by atoms with van der Waals surface area (Å²) in [6.07, 6.45) is 18.3. The average Bonchev–Trinajstić information content (AvgIpc) is 3.25. The summed E-state index contributed by atoms with van der Waals surface area (Å²) in [5.74, 6) is 3.97. The third-order valence-corrected chi connectivity index (χ3v) is 11.3. The quantitative estimate of drug-likeness (QED) is 0.287. The Morgan fingerprint density at radius 2 is 1.68 bits per heavy atom. The Bertz CT molecular complexity index is 1080. The van der Waals surface area contributed by atoms with Crippen LogP contribution in [0.2, 0.25) is 0 Å². The van der Waals surface area contributed by atoms with E-state index < -0.39 is 0 Å². The Balaban J connectivity index is 1.31. The molecule has 0 radical (unpaired) electrons. The van der Waals surface area contributed by atoms with Gasteiger partial charge in [-0.1, -0.05) is 95.2 Å². The number of carbonyl (C=O) groups is 1. The van der Waals surface area contributed by atoms with E-state index in [1.165, 1.54) is 31.3 Å². The van der Waals surface area contributed by atoms with Crippen molar-refractivity contribution in [1.82, 2.24) is 0 Å². The fourth-order valence-corrected chi connectivity index (χ4v) is 8.47. The molecule has 2 heteroatoms. The Morgan fingerprint density at radius 1 is 0.919 bits per heavy atom. The molecule has 0 aliphatic heterocycles. The van der Waals surface area contributed by atoms with Crippen LogP contribution in [-0.2, 0) is 4.74 Å². The van der Waals surface area contributed by atoms with Gasteiger partial charge in [-0.2, -0.15) is 0 Å². The first-order valence-corrected chi connectivity index (χ1v) is 15.0. The van der Waals surface area contributed by atoms with E-state index in [9.17, 15) is 4.79 Å². The first-order valence-electron chi connectivity index (χ1n) is 15.0. The fourth-order valence-electron chi connectivity index (χ4n) is 8.47. The molecule has 8 atom stereocenters. The molecule has 0 heterocycles. The molecule has 0 N–H and O–H groups in total. The third-order valence-electron chi connectivity index (χ3n) is 11.3. The summed E-state index contributed by atoms with van der Waals surface area (Å²) in [6, 6.07) is 9.43. The number of hydrogen-bond acceptors (Lipinski definition) is 2. The van der Waals surface area contributed by atoms with Gasteiger partial charge in [0.1, 0.15) is 6.10 Å². The zero-order valence-corrected chi connectivity index (χ0v) is 24.0. The summed E-state index contributed by atoms with van der Waals surface area (Å²) in [6.45, 7) is 14.6. The topological polar surface area (TPSA) is 26.3 Å². The predicted octanol–water partition coefficient (Wildman–Crippen LogP) is 9.20. The molecule has 0 amide bonds. The highest BCUT2D eigenvalue weighted by Gasteiger charge is 2.57. The van der Waals surface area contributed by atoms with Crippen molar-refractivity contribution < 1.29 is 9.53 Å². The van der Waals surface area contributed by atoms with Crippen LogP contribution in [0.25, 0.3) is 0 Å². The second-order valence-electron chi connectivity index (χ2n) is 13.6. The van der Waals surface area contributed by atoms with Crippen LogP contribution in [0.1, 0.15) is 96.8 Å². The van der Waals surface area contributed by atoms with Gasteiger partial charge in [0.2, 0.25) is 0 Å². The second kappa shape index (κ2) is 10.2. The minimum absolute atomic E-state index is 0.00688. The largest absolute Gasteiger partial charge is 0.458 e. The molecule has 4 aliphatic rings. The lowest BCUT2D eigenvalue weighted by Gasteiger charge is -2.55. The molecule has 0 saturated heterocycles. The van der Waals surface area contributed by atoms with Gasteiger partial charge in [-0.3, -0.25) is 0 Å². The molecule has 1 aromatic carbocycles. The van der Waals surface area contributed by atoms with Crippen LogP contribution in [-0.4, -0.2) is 12.1 Å². The fraction of sp³-hybridized carbons (Fsp3) is 0.629. The summed E-state index contributed by atoms with van der Waals surface area (Å²) in [7, 11) is 0. The van der Waals surface area contributed by atoms with Crippen molar-refractivity contribution in [3.8, 4) is 0 Å². The van der Waals surface area contributed by atoms with Gasteiger partial charge in [0.05, 0.1) is 5.56 Å². The molecule has 2 nitrogen and oxygen atoms in total. The van der Waals surface area contributed by atoms with Gasteiger partial charge >= 0.3 is 5.97 Å². The zero-order valence-electron chi connectivity index (χ0n) is 24.0. The molecule has 0 spiro atoms. The van der Waals surface area contributed by atoms with Crippen LogP contribution >= 0.6 is 0 Å². The van der Waals surface area contributed by atoms with E-state index in [4.69, 9.17) is 4.74 Å². The van der Waals surface area contributed by atoms with Gasteiger partial charge in [-0.05, 0) is 97.0 Å². The van der Waals surface area contributed by atoms with Crippen LogP contribution < -0.4 is 0 Å². The minimum Gasteiger partial charge on any atom is -0.458 e. The van der Waals surface area contributed by atoms with E-state index in [1.807, 2.05) is 30.3 Å². The maximum absolute atomic E-state index is 12.7. The van der Waals surface area contributed by atoms with Gasteiger partial charge in [-0.25, -0.2) is 4.79 Å². The second-order valence-corrected chi connectivity index (χ2v) is 13.6. The lowest BCUT2D eigenvalue weighted by Crippen LogP contribution is -2.46. The van der Waals surface area contributed by atoms with Crippen LogP contribution in [0.3, 0.4) is 0 Å². The van der Waals surface area contributed by atoms with Crippen LogP contribution in [0.15, 0.2) is 65.8 Å². The van der Waals surface area contributed by atoms with E-state index in [0.29, 0.717) is 34.7 Å². The van der Waals surface area contributed by atoms with Crippen molar-refractivity contribution in [2.75, 3.05) is 0 Å². The number of esters is 1. The highest BCUT2D eigenvalue weighted by molar-refractivity contribution is 5.89. The van der Waals surface area contributed by atoms with E-state index in [2.05, 4.69) is 65.8 Å². The lowest BCUT2D eigenvalue weighted by atomic mass is 9.50. The molecular formula is C35H48O2. The van der Waals surface area contributed by atoms with Crippen molar-refractivity contribution in [3.05, 3.63) is 71.3 Å². The molecule has 37 heavy (non-hydrogen) atoms. The van der Waals surface area contributed by atoms with Gasteiger partial charge < -0.3 is 4.74 Å². The van der Waals surface area contributed by atoms with Crippen LogP contribution in [0.5, 0.6) is 0 Å². The van der Waals surface area contributed by atoms with E-state index in [1.54, 1.807) is 5.57 Å². The summed E-state index contributed by atoms with van der Waals surface area (Å²) in [5, 5.41) is 0. The predicted molar refractivity (Wildman–Crippen MR) is 153 cm³/mol. The number of benzene rings is 1. The number of rotatable bonds is 6. The number of ether oxygens (including phenoxy) is 1. The number of fused-ring (bicyclic) bond motifs is 5. The van der Waals surface area contributed by atoms with E-state index in [0.717, 1.165) is 31.1 Å². The molecule has 0 aromatic heterocycles. The summed E-state index contributed by atoms with van der Waals surface area (Å²) < 4.78 is 5.98. The molecule has 0 bridgehead atoms. The molecule has 1 aromatic rings. The van der Waals surface area contributed by atoms with Crippen LogP contribution in [0, 0.1) is 46.3 Å². The first kappa shape index (κ1) is 26.5. The number of carbonyl (C=O) groups excluding carboxylic acids is 1. The maximum Gasteiger partial charge on any atom is 0.338 e. The van der Waals surface area contributed by atoms with Crippen LogP contribution in [0.4, 0.5) is 0 Å². The van der Waals surface area contributed by atoms with Gasteiger partial charge in [0.15, 0.2) is 0 Å². The van der Waals surface area contributed by atoms with Gasteiger partial charge in [-0.15, -0.1) is 0 Å². The van der Waals surface area contributed by atoms with Gasteiger partial charge in [0, 0.05) is 6.42 Å². The summed E-state index contributed by atoms with van der Waals surface area (Å²) in [4.78, 5) is 12.7. The Kier molecular flexibility index (Phi) is 7.33. The monoisotopic (exact) mass is 500 g/mol. The molecule has 200 valence electrons. The Morgan fingerprint density at radius 3 is 2.41 bits per heavy atom. The average molecular weight is 501 g/mol. The summed E-state index contributed by atoms with van der Waals surface area (Å²) in [5.41, 5.74) is 4.54. The Hall–Kier alpha value is -2.09. The molecule has 0 unspecified atom stereocenters. The zero-order chi connectivity index (χ0) is 26.4. The normalized spacial score (nSPS) is 36.7. The maximum atomic E-state index is 12.7. The Labute approximate surface area is 225 Å². The number of allylic oxidation sites excluding steroid dienone is 5. The molecule has 4 aliphatic carbocycles. The molecule has 3 saturated carbocycles. The minimum atomic E-state index is -0.182. The first-order chi connectivity index (χ1) is 17.6. The smallest absolute Gasteiger partial charge is 0.338 e. The standard InChI is InChI=1S/C35H48O2/c1-23(2)24(3)12-13-25(4)30-16-17-31-29-15-14-27-22-28(37-33(36)26-10-8-7-9-11-26)18-20-34(27,5)32(29)19-21-35(30,31)6/h7-15,23-25,28,30-32H,16-22H2,1-6H3/b13-12+/t24-,25+,28-,30+,31-,32-,34+,35+/m1/s1. The lowest BCUT2D eigenvalue weighted by molar-refractivity contribution is 0.00691. The number of hydrogen-bond donors (Lipinski definition) is 0. The van der Waals surface area contributed by atoms with Crippen molar-refractivity contribution in [1.29, 1.82) is 0 Å². The van der Waals surface area contributed by atoms with E-state index >= 15 is 0 Å². The SMILES string of the molecule is CC(C)[C@H](C)/C=C/[C@H](C)[C@@H]1CC[C@@H]2C3=CC=C4C[C@H](OC(=O)c5ccccc5)CC[C@]4(C)[C@@H]3CC[C@]21C. The van der Waals surface area contributed by atoms with Crippen molar-refractivity contribution in [2.45, 2.75) is 92.6 Å². The molecular weight excluding hydrogens is 452 g/mol. The van der Waals surface area contributed by atoms with E-state index in [-0.39, 0.29) is 17.5 Å². The highest BCUT2D eigenvalue weighted by atomic mass is 16.5. The highest BCUT2D eigenvalue weighted by Crippen LogP contribution is 2.66. The summed E-state index contributed by atoms with van der Waals surface area (Å²) >= 11 is 0. The van der Waals surface area contributed by atoms with Crippen molar-refractivity contribution in [2.24, 2.45) is 46.3 Å². The van der Waals surface area contributed by atoms with Crippen molar-refractivity contribution >= 4 is 5.97 Å². The molecule has 3 fully saturated rings. The third kappa shape index (κ3) is 4.79. The van der Waals surface area contributed by atoms with Crippen molar-refractivity contribution in [3.63, 3.8) is 0 Å². The molecule has 5 rings (SSSR count). The van der Waals surface area contributed by atoms with Gasteiger partial charge in [0.25, 0.3) is 0 Å².